The van der Waals surface area contributed by atoms with Crippen LogP contribution in [0.2, 0.25) is 5.02 Å². The molecular weight excluding hydrogens is 515 g/mol. The predicted molar refractivity (Wildman–Crippen MR) is 155 cm³/mol. The van der Waals surface area contributed by atoms with E-state index in [9.17, 15) is 5.11 Å². The molecule has 0 unspecified atom stereocenters. The monoisotopic (exact) mass is 546 g/mol. The van der Waals surface area contributed by atoms with Gasteiger partial charge in [0.05, 0.1) is 5.02 Å². The minimum atomic E-state index is -0.469. The molecule has 2 aromatic carbocycles. The van der Waals surface area contributed by atoms with Crippen molar-refractivity contribution in [3.63, 3.8) is 0 Å². The standard InChI is InChI=1S/C30H32ClFN6O/c1-36(2)21-13-37(14-21)29-34-27-23(28(35-29)38-16-30(17-38)7-8-33-15-30)12-24(31)25(26(27)32)20-9-18-5-3-4-6-19(18)10-22(39)11-20/h3-6,10-12,21,33,39H,7-9,13-17H2,1-2H3. The van der Waals surface area contributed by atoms with E-state index in [2.05, 4.69) is 34.1 Å². The number of aliphatic hydroxyl groups excluding tert-OH is 1. The SMILES string of the molecule is CN(C)C1CN(c2nc(N3CC4(CCNC4)C3)c3cc(Cl)c(C4=CC(O)=Cc5ccccc5C4)c(F)c3n2)C1. The summed E-state index contributed by atoms with van der Waals surface area (Å²) < 4.78 is 16.6. The van der Waals surface area contributed by atoms with Crippen molar-refractivity contribution >= 4 is 45.9 Å². The van der Waals surface area contributed by atoms with E-state index in [0.29, 0.717) is 34.4 Å². The average molecular weight is 547 g/mol. The third-order valence-electron chi connectivity index (χ3n) is 8.79. The number of rotatable bonds is 4. The first kappa shape index (κ1) is 24.8. The molecule has 1 spiro atoms. The summed E-state index contributed by atoms with van der Waals surface area (Å²) in [6.45, 7) is 5.40. The van der Waals surface area contributed by atoms with Gasteiger partial charge in [0.2, 0.25) is 5.95 Å². The zero-order valence-electron chi connectivity index (χ0n) is 22.2. The molecule has 3 aromatic rings. The van der Waals surface area contributed by atoms with Crippen LogP contribution >= 0.6 is 11.6 Å². The molecule has 0 radical (unpaired) electrons. The molecule has 202 valence electrons. The minimum absolute atomic E-state index is 0.0703. The van der Waals surface area contributed by atoms with Gasteiger partial charge in [0.25, 0.3) is 0 Å². The summed E-state index contributed by atoms with van der Waals surface area (Å²) in [5.74, 6) is 0.900. The highest BCUT2D eigenvalue weighted by Crippen LogP contribution is 2.44. The lowest BCUT2D eigenvalue weighted by atomic mass is 9.79. The molecule has 4 heterocycles. The van der Waals surface area contributed by atoms with Gasteiger partial charge in [-0.25, -0.2) is 9.37 Å². The van der Waals surface area contributed by atoms with Crippen molar-refractivity contribution in [3.05, 3.63) is 69.7 Å². The van der Waals surface area contributed by atoms with Gasteiger partial charge in [-0.3, -0.25) is 0 Å². The van der Waals surface area contributed by atoms with E-state index in [0.717, 1.165) is 62.6 Å². The average Bonchev–Trinajstić information content (AvgIpc) is 3.27. The summed E-state index contributed by atoms with van der Waals surface area (Å²) in [4.78, 5) is 16.3. The van der Waals surface area contributed by atoms with Gasteiger partial charge in [-0.15, -0.1) is 0 Å². The number of nitrogens with one attached hydrogen (secondary N) is 1. The van der Waals surface area contributed by atoms with Crippen LogP contribution in [0.3, 0.4) is 0 Å². The Morgan fingerprint density at radius 3 is 2.67 bits per heavy atom. The lowest BCUT2D eigenvalue weighted by Crippen LogP contribution is -2.59. The molecule has 3 aliphatic heterocycles. The van der Waals surface area contributed by atoms with E-state index < -0.39 is 5.82 Å². The fraction of sp³-hybridized carbons (Fsp3) is 0.400. The molecule has 0 amide bonds. The predicted octanol–water partition coefficient (Wildman–Crippen LogP) is 4.51. The van der Waals surface area contributed by atoms with E-state index >= 15 is 4.39 Å². The summed E-state index contributed by atoms with van der Waals surface area (Å²) >= 11 is 6.84. The van der Waals surface area contributed by atoms with E-state index in [1.165, 1.54) is 0 Å². The number of anilines is 2. The topological polar surface area (TPSA) is 67.8 Å². The van der Waals surface area contributed by atoms with Gasteiger partial charge < -0.3 is 25.1 Å². The van der Waals surface area contributed by atoms with Crippen LogP contribution in [-0.2, 0) is 6.42 Å². The lowest BCUT2D eigenvalue weighted by Gasteiger charge is -2.49. The molecule has 4 aliphatic rings. The summed E-state index contributed by atoms with van der Waals surface area (Å²) in [6, 6.07) is 10.0. The largest absolute Gasteiger partial charge is 0.508 e. The van der Waals surface area contributed by atoms with Crippen LogP contribution in [-0.4, -0.2) is 79.4 Å². The summed E-state index contributed by atoms with van der Waals surface area (Å²) in [7, 11) is 4.14. The molecule has 0 saturated carbocycles. The Labute approximate surface area is 232 Å². The van der Waals surface area contributed by atoms with E-state index in [-0.39, 0.29) is 22.3 Å². The van der Waals surface area contributed by atoms with Crippen LogP contribution in [0.5, 0.6) is 0 Å². The molecule has 7 nitrogen and oxygen atoms in total. The first-order valence-electron chi connectivity index (χ1n) is 13.6. The highest BCUT2D eigenvalue weighted by atomic mass is 35.5. The van der Waals surface area contributed by atoms with Gasteiger partial charge in [-0.2, -0.15) is 4.98 Å². The fourth-order valence-electron chi connectivity index (χ4n) is 6.40. The normalized spacial score (nSPS) is 20.5. The Hall–Kier alpha value is -3.20. The van der Waals surface area contributed by atoms with E-state index in [1.807, 2.05) is 30.3 Å². The van der Waals surface area contributed by atoms with Crippen LogP contribution < -0.4 is 15.1 Å². The second kappa shape index (κ2) is 9.18. The summed E-state index contributed by atoms with van der Waals surface area (Å²) in [6.07, 6.45) is 4.91. The molecule has 7 rings (SSSR count). The van der Waals surface area contributed by atoms with Crippen molar-refractivity contribution < 1.29 is 9.50 Å². The lowest BCUT2D eigenvalue weighted by molar-refractivity contribution is 0.240. The molecule has 0 atom stereocenters. The van der Waals surface area contributed by atoms with Gasteiger partial charge in [0, 0.05) is 55.1 Å². The number of likely N-dealkylation sites (N-methyl/N-ethyl adjacent to an activating group) is 1. The van der Waals surface area contributed by atoms with Crippen molar-refractivity contribution in [2.45, 2.75) is 18.9 Å². The molecular formula is C30H32ClFN6O. The van der Waals surface area contributed by atoms with Gasteiger partial charge in [-0.05, 0) is 68.4 Å². The molecule has 1 aromatic heterocycles. The van der Waals surface area contributed by atoms with Crippen LogP contribution in [0.4, 0.5) is 16.2 Å². The second-order valence-corrected chi connectivity index (χ2v) is 12.1. The number of aliphatic hydroxyl groups is 1. The second-order valence-electron chi connectivity index (χ2n) is 11.7. The molecule has 3 saturated heterocycles. The Kier molecular flexibility index (Phi) is 5.84. The number of halogens is 2. The summed E-state index contributed by atoms with van der Waals surface area (Å²) in [5.41, 5.74) is 3.35. The van der Waals surface area contributed by atoms with Crippen molar-refractivity contribution in [3.8, 4) is 0 Å². The molecule has 3 fully saturated rings. The molecule has 1 aliphatic carbocycles. The third-order valence-corrected chi connectivity index (χ3v) is 9.09. The number of hydrogen-bond donors (Lipinski definition) is 2. The minimum Gasteiger partial charge on any atom is -0.508 e. The number of fused-ring (bicyclic) bond motifs is 2. The van der Waals surface area contributed by atoms with Crippen molar-refractivity contribution in [1.82, 2.24) is 20.2 Å². The van der Waals surface area contributed by atoms with Crippen LogP contribution in [0.15, 0.2) is 42.2 Å². The zero-order valence-corrected chi connectivity index (χ0v) is 23.0. The Bertz CT molecular complexity index is 1530. The van der Waals surface area contributed by atoms with Crippen molar-refractivity contribution in [2.75, 3.05) is 63.2 Å². The fourth-order valence-corrected chi connectivity index (χ4v) is 6.71. The number of aromatic nitrogens is 2. The highest BCUT2D eigenvalue weighted by molar-refractivity contribution is 6.33. The number of hydrogen-bond acceptors (Lipinski definition) is 7. The first-order chi connectivity index (χ1) is 18.8. The van der Waals surface area contributed by atoms with Crippen LogP contribution in [0.25, 0.3) is 22.6 Å². The Morgan fingerprint density at radius 1 is 1.13 bits per heavy atom. The number of benzene rings is 2. The van der Waals surface area contributed by atoms with Gasteiger partial charge >= 0.3 is 0 Å². The maximum absolute atomic E-state index is 16.6. The maximum Gasteiger partial charge on any atom is 0.228 e. The van der Waals surface area contributed by atoms with E-state index in [1.54, 1.807) is 12.2 Å². The van der Waals surface area contributed by atoms with Gasteiger partial charge in [0.15, 0.2) is 5.82 Å². The Balaban J connectivity index is 1.34. The quantitative estimate of drug-likeness (QED) is 0.499. The smallest absolute Gasteiger partial charge is 0.228 e. The van der Waals surface area contributed by atoms with Crippen LogP contribution in [0.1, 0.15) is 23.1 Å². The van der Waals surface area contributed by atoms with Gasteiger partial charge in [0.1, 0.15) is 17.1 Å². The molecule has 9 heteroatoms. The molecule has 0 bridgehead atoms. The van der Waals surface area contributed by atoms with E-state index in [4.69, 9.17) is 21.6 Å². The van der Waals surface area contributed by atoms with Crippen molar-refractivity contribution in [1.29, 1.82) is 0 Å². The van der Waals surface area contributed by atoms with Crippen LogP contribution in [0, 0.1) is 11.2 Å². The van der Waals surface area contributed by atoms with Crippen molar-refractivity contribution in [2.24, 2.45) is 5.41 Å². The first-order valence-corrected chi connectivity index (χ1v) is 13.9. The highest BCUT2D eigenvalue weighted by Gasteiger charge is 2.46. The Morgan fingerprint density at radius 2 is 1.92 bits per heavy atom. The maximum atomic E-state index is 16.6. The number of allylic oxidation sites excluding steroid dienone is 2. The molecule has 39 heavy (non-hydrogen) atoms. The third kappa shape index (κ3) is 4.17. The zero-order chi connectivity index (χ0) is 26.9. The van der Waals surface area contributed by atoms with Gasteiger partial charge in [-0.1, -0.05) is 35.9 Å². The summed E-state index contributed by atoms with van der Waals surface area (Å²) in [5, 5.41) is 15.0. The number of nitrogens with zero attached hydrogens (tertiary/aromatic N) is 5. The molecule has 2 N–H and O–H groups in total.